The second kappa shape index (κ2) is 7.92. The highest BCUT2D eigenvalue weighted by Gasteiger charge is 2.28. The molecule has 0 aliphatic carbocycles. The SMILES string of the molecule is CC(C)(C#Cc1cccc2c1CCCN2c1nc2nncn2c2cc(Cl)c(F)cc12)C(F)F. The largest absolute Gasteiger partial charge is 0.325 e. The van der Waals surface area contributed by atoms with Crippen molar-refractivity contribution < 1.29 is 13.2 Å². The molecule has 2 aromatic carbocycles. The van der Waals surface area contributed by atoms with Crippen LogP contribution in [0.4, 0.5) is 24.7 Å². The van der Waals surface area contributed by atoms with Crippen LogP contribution in [0.3, 0.4) is 0 Å². The van der Waals surface area contributed by atoms with Gasteiger partial charge in [-0.1, -0.05) is 29.5 Å². The van der Waals surface area contributed by atoms with Crippen molar-refractivity contribution in [3.63, 3.8) is 0 Å². The minimum atomic E-state index is -2.55. The lowest BCUT2D eigenvalue weighted by molar-refractivity contribution is 0.0570. The molecule has 0 radical (unpaired) electrons. The zero-order valence-corrected chi connectivity index (χ0v) is 18.7. The minimum absolute atomic E-state index is 0.00657. The van der Waals surface area contributed by atoms with E-state index < -0.39 is 17.7 Å². The summed E-state index contributed by atoms with van der Waals surface area (Å²) in [6, 6.07) is 8.51. The molecule has 33 heavy (non-hydrogen) atoms. The molecule has 5 rings (SSSR count). The molecule has 0 fully saturated rings. The van der Waals surface area contributed by atoms with Gasteiger partial charge in [0.05, 0.1) is 16.0 Å². The van der Waals surface area contributed by atoms with Crippen LogP contribution in [0.15, 0.2) is 36.7 Å². The lowest BCUT2D eigenvalue weighted by Gasteiger charge is -2.32. The van der Waals surface area contributed by atoms with Gasteiger partial charge in [-0.15, -0.1) is 10.2 Å². The molecule has 4 aromatic rings. The van der Waals surface area contributed by atoms with Crippen molar-refractivity contribution >= 4 is 39.8 Å². The first-order chi connectivity index (χ1) is 15.8. The van der Waals surface area contributed by atoms with Gasteiger partial charge >= 0.3 is 0 Å². The Bertz CT molecular complexity index is 1450. The zero-order chi connectivity index (χ0) is 23.3. The fraction of sp³-hybridized carbons (Fsp3) is 0.292. The van der Waals surface area contributed by atoms with Crippen molar-refractivity contribution in [3.05, 3.63) is 58.6 Å². The summed E-state index contributed by atoms with van der Waals surface area (Å²) in [6.07, 6.45) is 0.497. The number of alkyl halides is 2. The van der Waals surface area contributed by atoms with E-state index in [2.05, 4.69) is 27.0 Å². The van der Waals surface area contributed by atoms with Crippen LogP contribution in [-0.2, 0) is 6.42 Å². The van der Waals surface area contributed by atoms with E-state index >= 15 is 0 Å². The predicted molar refractivity (Wildman–Crippen MR) is 122 cm³/mol. The first-order valence-electron chi connectivity index (χ1n) is 10.5. The van der Waals surface area contributed by atoms with Gasteiger partial charge in [-0.05, 0) is 56.5 Å². The van der Waals surface area contributed by atoms with E-state index in [9.17, 15) is 13.2 Å². The molecule has 0 amide bonds. The third-order valence-corrected chi connectivity index (χ3v) is 6.14. The summed E-state index contributed by atoms with van der Waals surface area (Å²) in [5, 5.41) is 8.55. The summed E-state index contributed by atoms with van der Waals surface area (Å²) in [4.78, 5) is 6.66. The number of fused-ring (bicyclic) bond motifs is 4. The lowest BCUT2D eigenvalue weighted by Crippen LogP contribution is -2.26. The summed E-state index contributed by atoms with van der Waals surface area (Å²) in [5.41, 5.74) is 1.73. The summed E-state index contributed by atoms with van der Waals surface area (Å²) in [6.45, 7) is 3.49. The molecule has 2 aromatic heterocycles. The van der Waals surface area contributed by atoms with Crippen LogP contribution in [0.1, 0.15) is 31.4 Å². The molecule has 0 saturated carbocycles. The van der Waals surface area contributed by atoms with Gasteiger partial charge in [-0.2, -0.15) is 4.98 Å². The van der Waals surface area contributed by atoms with Gasteiger partial charge in [0.15, 0.2) is 0 Å². The number of halogens is 4. The van der Waals surface area contributed by atoms with Crippen molar-refractivity contribution in [1.29, 1.82) is 0 Å². The quantitative estimate of drug-likeness (QED) is 0.348. The molecule has 3 heterocycles. The smallest absolute Gasteiger partial charge is 0.257 e. The van der Waals surface area contributed by atoms with Crippen molar-refractivity contribution in [3.8, 4) is 11.8 Å². The molecule has 0 unspecified atom stereocenters. The fourth-order valence-corrected chi connectivity index (χ4v) is 4.15. The molecule has 0 N–H and O–H groups in total. The number of benzene rings is 2. The second-order valence-electron chi connectivity index (χ2n) is 8.55. The lowest BCUT2D eigenvalue weighted by atomic mass is 9.92. The maximum atomic E-state index is 14.5. The Morgan fingerprint density at radius 1 is 1.21 bits per heavy atom. The monoisotopic (exact) mass is 469 g/mol. The van der Waals surface area contributed by atoms with E-state index in [-0.39, 0.29) is 5.02 Å². The summed E-state index contributed by atoms with van der Waals surface area (Å²) < 4.78 is 42.7. The molecular formula is C24H19ClF3N5. The summed E-state index contributed by atoms with van der Waals surface area (Å²) in [7, 11) is 0. The van der Waals surface area contributed by atoms with Crippen LogP contribution in [0.2, 0.25) is 5.02 Å². The molecule has 0 bridgehead atoms. The Balaban J connectivity index is 1.70. The Kier molecular flexibility index (Phi) is 5.17. The normalized spacial score (nSPS) is 14.0. The molecule has 0 saturated heterocycles. The van der Waals surface area contributed by atoms with E-state index in [0.717, 1.165) is 24.1 Å². The van der Waals surface area contributed by atoms with Gasteiger partial charge < -0.3 is 4.90 Å². The fourth-order valence-electron chi connectivity index (χ4n) is 4.00. The summed E-state index contributed by atoms with van der Waals surface area (Å²) >= 11 is 6.06. The van der Waals surface area contributed by atoms with Gasteiger partial charge in [0.1, 0.15) is 18.0 Å². The molecular weight excluding hydrogens is 451 g/mol. The number of hydrogen-bond donors (Lipinski definition) is 0. The maximum absolute atomic E-state index is 14.5. The molecule has 5 nitrogen and oxygen atoms in total. The zero-order valence-electron chi connectivity index (χ0n) is 17.9. The molecule has 168 valence electrons. The van der Waals surface area contributed by atoms with E-state index in [1.54, 1.807) is 4.40 Å². The van der Waals surface area contributed by atoms with Crippen LogP contribution in [-0.4, -0.2) is 32.6 Å². The third kappa shape index (κ3) is 3.66. The highest BCUT2D eigenvalue weighted by molar-refractivity contribution is 6.31. The van der Waals surface area contributed by atoms with E-state index in [0.29, 0.717) is 34.6 Å². The number of rotatable bonds is 2. The average Bonchev–Trinajstić information content (AvgIpc) is 3.26. The van der Waals surface area contributed by atoms with Crippen molar-refractivity contribution in [2.75, 3.05) is 11.4 Å². The molecule has 0 spiro atoms. The molecule has 9 heteroatoms. The van der Waals surface area contributed by atoms with E-state index in [1.807, 2.05) is 23.1 Å². The minimum Gasteiger partial charge on any atom is -0.325 e. The van der Waals surface area contributed by atoms with Gasteiger partial charge in [0.25, 0.3) is 12.2 Å². The highest BCUT2D eigenvalue weighted by atomic mass is 35.5. The number of hydrogen-bond acceptors (Lipinski definition) is 4. The maximum Gasteiger partial charge on any atom is 0.257 e. The number of nitrogens with zero attached hydrogens (tertiary/aromatic N) is 5. The Hall–Kier alpha value is -3.31. The van der Waals surface area contributed by atoms with Crippen molar-refractivity contribution in [2.45, 2.75) is 33.1 Å². The van der Waals surface area contributed by atoms with E-state index in [1.165, 1.54) is 32.3 Å². The highest BCUT2D eigenvalue weighted by Crippen LogP contribution is 2.38. The Morgan fingerprint density at radius 3 is 2.82 bits per heavy atom. The predicted octanol–water partition coefficient (Wildman–Crippen LogP) is 5.80. The second-order valence-corrected chi connectivity index (χ2v) is 8.96. The topological polar surface area (TPSA) is 46.3 Å². The van der Waals surface area contributed by atoms with Gasteiger partial charge in [-0.3, -0.25) is 4.40 Å². The molecule has 1 aliphatic rings. The van der Waals surface area contributed by atoms with E-state index in [4.69, 9.17) is 11.6 Å². The van der Waals surface area contributed by atoms with Gasteiger partial charge in [-0.25, -0.2) is 13.2 Å². The summed E-state index contributed by atoms with van der Waals surface area (Å²) in [5.74, 6) is 6.03. The molecule has 1 aliphatic heterocycles. The van der Waals surface area contributed by atoms with Crippen LogP contribution >= 0.6 is 11.6 Å². The van der Waals surface area contributed by atoms with Crippen molar-refractivity contribution in [2.24, 2.45) is 5.41 Å². The third-order valence-electron chi connectivity index (χ3n) is 5.85. The Morgan fingerprint density at radius 2 is 2.03 bits per heavy atom. The first kappa shape index (κ1) is 21.5. The van der Waals surface area contributed by atoms with Crippen LogP contribution in [0.5, 0.6) is 0 Å². The first-order valence-corrected chi connectivity index (χ1v) is 10.8. The standard InChI is InChI=1S/C24H19ClF3N5/c1-24(2,22(27)28)9-8-14-5-3-7-19-15(14)6-4-10-32(19)21-16-11-18(26)17(25)12-20(16)33-13-29-31-23(33)30-21/h3,5,7,11-13,22H,4,6,10H2,1-2H3. The van der Waals surface area contributed by atoms with Crippen LogP contribution in [0, 0.1) is 23.1 Å². The van der Waals surface area contributed by atoms with Gasteiger partial charge in [0, 0.05) is 23.2 Å². The van der Waals surface area contributed by atoms with Crippen molar-refractivity contribution in [1.82, 2.24) is 19.6 Å². The number of anilines is 2. The van der Waals surface area contributed by atoms with Crippen LogP contribution < -0.4 is 4.90 Å². The van der Waals surface area contributed by atoms with Gasteiger partial charge in [0.2, 0.25) is 0 Å². The number of aromatic nitrogens is 4. The average molecular weight is 470 g/mol. The Labute approximate surface area is 193 Å². The van der Waals surface area contributed by atoms with Crippen LogP contribution in [0.25, 0.3) is 16.7 Å². The molecule has 0 atom stereocenters.